The third-order valence-electron chi connectivity index (χ3n) is 5.90. The van der Waals surface area contributed by atoms with Crippen molar-refractivity contribution in [2.45, 2.75) is 119 Å². The lowest BCUT2D eigenvalue weighted by Gasteiger charge is -2.11. The Bertz CT molecular complexity index is 812. The highest BCUT2D eigenvalue weighted by atomic mass is 19.3. The summed E-state index contributed by atoms with van der Waals surface area (Å²) >= 11 is 0. The zero-order chi connectivity index (χ0) is 25.0. The van der Waals surface area contributed by atoms with Crippen LogP contribution in [0.15, 0.2) is 24.3 Å². The molecule has 5 heteroatoms. The van der Waals surface area contributed by atoms with E-state index in [-0.39, 0.29) is 12.2 Å². The van der Waals surface area contributed by atoms with Crippen molar-refractivity contribution in [1.29, 1.82) is 0 Å². The Morgan fingerprint density at radius 2 is 1.67 bits per heavy atom. The van der Waals surface area contributed by atoms with Crippen LogP contribution in [-0.4, -0.2) is 15.9 Å². The number of aromatic nitrogens is 2. The summed E-state index contributed by atoms with van der Waals surface area (Å²) < 4.78 is 33.0. The highest BCUT2D eigenvalue weighted by Gasteiger charge is 2.39. The predicted molar refractivity (Wildman–Crippen MR) is 136 cm³/mol. The van der Waals surface area contributed by atoms with Crippen molar-refractivity contribution in [1.82, 2.24) is 9.78 Å². The van der Waals surface area contributed by atoms with Crippen LogP contribution in [0.4, 0.5) is 8.78 Å². The van der Waals surface area contributed by atoms with Crippen molar-refractivity contribution in [3.05, 3.63) is 41.2 Å². The summed E-state index contributed by atoms with van der Waals surface area (Å²) in [6.07, 6.45) is 6.18. The number of nitrogens with zero attached hydrogens (tertiary/aromatic N) is 2. The van der Waals surface area contributed by atoms with Crippen LogP contribution in [0.2, 0.25) is 0 Å². The van der Waals surface area contributed by atoms with Gasteiger partial charge in [-0.3, -0.25) is 0 Å². The summed E-state index contributed by atoms with van der Waals surface area (Å²) in [6.45, 7) is 17.3. The molecule has 3 rings (SSSR count). The summed E-state index contributed by atoms with van der Waals surface area (Å²) in [5, 5.41) is 4.44. The lowest BCUT2D eigenvalue weighted by molar-refractivity contribution is -0.159. The van der Waals surface area contributed by atoms with E-state index in [0.717, 1.165) is 23.0 Å². The van der Waals surface area contributed by atoms with Crippen LogP contribution >= 0.6 is 0 Å². The van der Waals surface area contributed by atoms with Crippen molar-refractivity contribution in [3.63, 3.8) is 0 Å². The van der Waals surface area contributed by atoms with Crippen molar-refractivity contribution < 1.29 is 13.5 Å². The maximum atomic E-state index is 13.2. The van der Waals surface area contributed by atoms with E-state index in [4.69, 9.17) is 0 Å². The average Bonchev–Trinajstić information content (AvgIpc) is 3.31. The quantitative estimate of drug-likeness (QED) is 0.364. The van der Waals surface area contributed by atoms with Gasteiger partial charge in [0.2, 0.25) is 0 Å². The normalized spacial score (nSPS) is 14.5. The molecule has 33 heavy (non-hydrogen) atoms. The largest absolute Gasteiger partial charge is 0.432 e. The standard InChI is InChI=1S/C15H16F2N2O.C9H20.C4H10/c1-9(2)13-6-10(3)18-19(13)12-5-4-11-8-15(16,17)20-14(11)7-12;1-4-6-7-8-9(3)5-2;1-3-4-2/h4-7,9H,8H2,1-3H3;9H,4-8H2,1-3H3;3-4H2,1-2H3. The van der Waals surface area contributed by atoms with Crippen molar-refractivity contribution >= 4 is 0 Å². The van der Waals surface area contributed by atoms with E-state index in [2.05, 4.69) is 58.3 Å². The molecule has 1 aliphatic rings. The first-order chi connectivity index (χ1) is 15.6. The van der Waals surface area contributed by atoms with Gasteiger partial charge >= 0.3 is 6.11 Å². The number of rotatable bonds is 8. The van der Waals surface area contributed by atoms with Crippen LogP contribution in [0.25, 0.3) is 5.69 Å². The Balaban J connectivity index is 0.000000351. The highest BCUT2D eigenvalue weighted by Crippen LogP contribution is 2.38. The predicted octanol–water partition coefficient (Wildman–Crippen LogP) is 9.25. The van der Waals surface area contributed by atoms with E-state index in [1.54, 1.807) is 16.8 Å². The number of hydrogen-bond acceptors (Lipinski definition) is 2. The molecule has 0 fully saturated rings. The van der Waals surface area contributed by atoms with Gasteiger partial charge in [-0.15, -0.1) is 0 Å². The monoisotopic (exact) mass is 464 g/mol. The van der Waals surface area contributed by atoms with E-state index in [9.17, 15) is 8.78 Å². The van der Waals surface area contributed by atoms with Crippen LogP contribution in [0.1, 0.15) is 116 Å². The van der Waals surface area contributed by atoms with Gasteiger partial charge in [0.25, 0.3) is 0 Å². The van der Waals surface area contributed by atoms with Gasteiger partial charge in [-0.25, -0.2) is 4.68 Å². The molecule has 1 aromatic heterocycles. The van der Waals surface area contributed by atoms with Crippen LogP contribution in [0.5, 0.6) is 5.75 Å². The van der Waals surface area contributed by atoms with Crippen LogP contribution in [0.3, 0.4) is 0 Å². The molecule has 2 heterocycles. The second-order valence-electron chi connectivity index (χ2n) is 9.49. The van der Waals surface area contributed by atoms with Gasteiger partial charge in [0.05, 0.1) is 17.8 Å². The summed E-state index contributed by atoms with van der Waals surface area (Å²) in [5.41, 5.74) is 3.24. The molecule has 0 aliphatic carbocycles. The number of halogens is 2. The molecule has 1 unspecified atom stereocenters. The smallest absolute Gasteiger partial charge is 0.402 e. The molecular weight excluding hydrogens is 418 g/mol. The molecule has 0 saturated carbocycles. The maximum Gasteiger partial charge on any atom is 0.402 e. The molecule has 3 nitrogen and oxygen atoms in total. The fraction of sp³-hybridized carbons (Fsp3) is 0.679. The number of fused-ring (bicyclic) bond motifs is 1. The molecule has 0 radical (unpaired) electrons. The first-order valence-electron chi connectivity index (χ1n) is 12.8. The first kappa shape index (κ1) is 29.1. The lowest BCUT2D eigenvalue weighted by atomic mass is 10.0. The molecule has 0 N–H and O–H groups in total. The second-order valence-corrected chi connectivity index (χ2v) is 9.49. The van der Waals surface area contributed by atoms with Gasteiger partial charge in [0.1, 0.15) is 5.75 Å². The summed E-state index contributed by atoms with van der Waals surface area (Å²) in [4.78, 5) is 0. The van der Waals surface area contributed by atoms with Gasteiger partial charge in [-0.05, 0) is 30.9 Å². The van der Waals surface area contributed by atoms with Gasteiger partial charge < -0.3 is 4.74 Å². The van der Waals surface area contributed by atoms with Gasteiger partial charge in [-0.2, -0.15) is 13.9 Å². The molecule has 0 spiro atoms. The van der Waals surface area contributed by atoms with Crippen LogP contribution in [0, 0.1) is 12.8 Å². The second kappa shape index (κ2) is 14.4. The van der Waals surface area contributed by atoms with E-state index in [0.29, 0.717) is 11.5 Å². The molecular formula is C28H46F2N2O. The van der Waals surface area contributed by atoms with E-state index >= 15 is 0 Å². The Morgan fingerprint density at radius 3 is 2.21 bits per heavy atom. The lowest BCUT2D eigenvalue weighted by Crippen LogP contribution is -2.20. The number of benzene rings is 1. The fourth-order valence-corrected chi connectivity index (χ4v) is 3.42. The van der Waals surface area contributed by atoms with Crippen LogP contribution in [-0.2, 0) is 6.42 Å². The third-order valence-corrected chi connectivity index (χ3v) is 5.90. The molecule has 0 saturated heterocycles. The van der Waals surface area contributed by atoms with Crippen molar-refractivity contribution in [2.75, 3.05) is 0 Å². The number of unbranched alkanes of at least 4 members (excludes halogenated alkanes) is 3. The molecule has 0 amide bonds. The molecule has 1 aromatic carbocycles. The topological polar surface area (TPSA) is 27.1 Å². The molecule has 1 atom stereocenters. The average molecular weight is 465 g/mol. The van der Waals surface area contributed by atoms with Gasteiger partial charge in [0, 0.05) is 17.3 Å². The summed E-state index contributed by atoms with van der Waals surface area (Å²) in [7, 11) is 0. The zero-order valence-electron chi connectivity index (χ0n) is 22.2. The van der Waals surface area contributed by atoms with E-state index in [1.165, 1.54) is 44.9 Å². The van der Waals surface area contributed by atoms with Crippen molar-refractivity contribution in [2.24, 2.45) is 5.92 Å². The summed E-state index contributed by atoms with van der Waals surface area (Å²) in [6, 6.07) is 7.14. The molecule has 2 aromatic rings. The summed E-state index contributed by atoms with van der Waals surface area (Å²) in [5.74, 6) is 1.50. The SMILES string of the molecule is CCCC.CCCCCC(C)CC.Cc1cc(C(C)C)n(-c2ccc3c(c2)OC(F)(F)C3)n1. The molecule has 1 aliphatic heterocycles. The van der Waals surface area contributed by atoms with Crippen LogP contribution < -0.4 is 4.74 Å². The minimum atomic E-state index is -3.10. The van der Waals surface area contributed by atoms with E-state index in [1.807, 2.05) is 19.1 Å². The highest BCUT2D eigenvalue weighted by molar-refractivity contribution is 5.48. The maximum absolute atomic E-state index is 13.2. The Kier molecular flexibility index (Phi) is 12.7. The third kappa shape index (κ3) is 9.85. The zero-order valence-corrected chi connectivity index (χ0v) is 22.2. The first-order valence-corrected chi connectivity index (χ1v) is 12.8. The minimum absolute atomic E-state index is 0.246. The number of ether oxygens (including phenoxy) is 1. The van der Waals surface area contributed by atoms with Crippen molar-refractivity contribution in [3.8, 4) is 11.4 Å². The van der Waals surface area contributed by atoms with E-state index < -0.39 is 6.11 Å². The number of alkyl halides is 2. The Hall–Kier alpha value is -1.91. The van der Waals surface area contributed by atoms with Gasteiger partial charge in [-0.1, -0.05) is 99.5 Å². The Labute approximate surface area is 200 Å². The Morgan fingerprint density at radius 1 is 1.00 bits per heavy atom. The fourth-order valence-electron chi connectivity index (χ4n) is 3.42. The molecule has 188 valence electrons. The number of aryl methyl sites for hydroxylation is 1. The number of hydrogen-bond donors (Lipinski definition) is 0. The van der Waals surface area contributed by atoms with Gasteiger partial charge in [0.15, 0.2) is 0 Å². The molecule has 0 bridgehead atoms. The minimum Gasteiger partial charge on any atom is -0.432 e.